The van der Waals surface area contributed by atoms with E-state index < -0.39 is 11.7 Å². The van der Waals surface area contributed by atoms with E-state index in [1.165, 1.54) is 4.68 Å². The molecule has 0 unspecified atom stereocenters. The van der Waals surface area contributed by atoms with E-state index in [9.17, 15) is 13.2 Å². The molecule has 4 aromatic rings. The van der Waals surface area contributed by atoms with E-state index in [1.807, 2.05) is 0 Å². The Hall–Kier alpha value is -2.49. The van der Waals surface area contributed by atoms with Crippen molar-refractivity contribution in [3.05, 3.63) is 40.9 Å². The molecule has 6 nitrogen and oxygen atoms in total. The number of nitrogens with zero attached hydrogens (tertiary/aromatic N) is 6. The van der Waals surface area contributed by atoms with Gasteiger partial charge in [-0.1, -0.05) is 0 Å². The third-order valence-electron chi connectivity index (χ3n) is 3.62. The summed E-state index contributed by atoms with van der Waals surface area (Å²) < 4.78 is 42.2. The minimum Gasteiger partial charge on any atom is -0.296 e. The fraction of sp³-hybridized carbons (Fsp3) is 0.143. The maximum Gasteiger partial charge on any atom is 0.417 e. The van der Waals surface area contributed by atoms with Crippen molar-refractivity contribution in [2.45, 2.75) is 6.18 Å². The van der Waals surface area contributed by atoms with Crippen molar-refractivity contribution in [3.8, 4) is 5.95 Å². The molecule has 0 bridgehead atoms. The number of fused-ring (bicyclic) bond motifs is 2. The van der Waals surface area contributed by atoms with Gasteiger partial charge in [-0.3, -0.25) is 9.55 Å². The molecule has 0 saturated carbocycles. The molecule has 4 rings (SSSR count). The summed E-state index contributed by atoms with van der Waals surface area (Å²) in [4.78, 5) is 12.2. The predicted molar refractivity (Wildman–Crippen MR) is 83.6 cm³/mol. The van der Waals surface area contributed by atoms with E-state index >= 15 is 0 Å². The van der Waals surface area contributed by atoms with Crippen molar-refractivity contribution in [1.82, 2.24) is 29.3 Å². The quantitative estimate of drug-likeness (QED) is 0.494. The lowest BCUT2D eigenvalue weighted by Crippen LogP contribution is -2.06. The van der Waals surface area contributed by atoms with E-state index in [1.54, 1.807) is 30.1 Å². The van der Waals surface area contributed by atoms with Gasteiger partial charge >= 0.3 is 6.18 Å². The Labute approximate surface area is 141 Å². The van der Waals surface area contributed by atoms with Gasteiger partial charge in [0, 0.05) is 24.8 Å². The standard InChI is InChI=1S/C14H8BrF3N6/c1-23-12-9(4-7(5-20-12)14(16,17)18)21-13(23)24-11(15)8-2-3-19-6-10(8)22-24/h2-6H,1H3. The molecule has 0 spiro atoms. The minimum absolute atomic E-state index is 0.145. The van der Waals surface area contributed by atoms with Crippen molar-refractivity contribution >= 4 is 38.0 Å². The molecule has 0 N–H and O–H groups in total. The number of aromatic nitrogens is 6. The number of hydrogen-bond donors (Lipinski definition) is 0. The molecule has 0 aliphatic rings. The number of halogens is 4. The van der Waals surface area contributed by atoms with Gasteiger partial charge in [0.05, 0.1) is 11.8 Å². The van der Waals surface area contributed by atoms with Crippen molar-refractivity contribution in [2.24, 2.45) is 7.05 Å². The van der Waals surface area contributed by atoms with E-state index in [-0.39, 0.29) is 5.52 Å². The van der Waals surface area contributed by atoms with Gasteiger partial charge in [0.15, 0.2) is 5.65 Å². The molecule has 4 heterocycles. The third-order valence-corrected chi connectivity index (χ3v) is 4.38. The average Bonchev–Trinajstić information content (AvgIpc) is 3.04. The number of alkyl halides is 3. The van der Waals surface area contributed by atoms with Crippen molar-refractivity contribution in [3.63, 3.8) is 0 Å². The monoisotopic (exact) mass is 396 g/mol. The van der Waals surface area contributed by atoms with Crippen LogP contribution < -0.4 is 0 Å². The lowest BCUT2D eigenvalue weighted by molar-refractivity contribution is -0.137. The largest absolute Gasteiger partial charge is 0.417 e. The molecule has 0 amide bonds. The van der Waals surface area contributed by atoms with Gasteiger partial charge in [0.2, 0.25) is 5.95 Å². The molecule has 0 fully saturated rings. The fourth-order valence-corrected chi connectivity index (χ4v) is 3.02. The topological polar surface area (TPSA) is 61.4 Å². The zero-order chi connectivity index (χ0) is 17.1. The minimum atomic E-state index is -4.47. The summed E-state index contributed by atoms with van der Waals surface area (Å²) in [6.45, 7) is 0. The molecule has 0 aliphatic carbocycles. The summed E-state index contributed by atoms with van der Waals surface area (Å²) in [5, 5.41) is 5.20. The van der Waals surface area contributed by atoms with Gasteiger partial charge in [-0.15, -0.1) is 0 Å². The van der Waals surface area contributed by atoms with Crippen LogP contribution in [-0.4, -0.2) is 29.3 Å². The highest BCUT2D eigenvalue weighted by atomic mass is 79.9. The van der Waals surface area contributed by atoms with Gasteiger partial charge in [-0.25, -0.2) is 9.97 Å². The number of pyridine rings is 2. The first-order valence-corrected chi connectivity index (χ1v) is 7.54. The molecule has 10 heteroatoms. The number of rotatable bonds is 1. The molecule has 24 heavy (non-hydrogen) atoms. The summed E-state index contributed by atoms with van der Waals surface area (Å²) >= 11 is 3.45. The zero-order valence-electron chi connectivity index (χ0n) is 12.1. The van der Waals surface area contributed by atoms with Crippen LogP contribution in [0.5, 0.6) is 0 Å². The second kappa shape index (κ2) is 5.00. The predicted octanol–water partition coefficient (Wildman–Crippen LogP) is 3.48. The lowest BCUT2D eigenvalue weighted by atomic mass is 10.2. The molecule has 0 saturated heterocycles. The van der Waals surface area contributed by atoms with Crippen LogP contribution in [0.3, 0.4) is 0 Å². The first kappa shape index (κ1) is 15.1. The Morgan fingerprint density at radius 3 is 2.67 bits per heavy atom. The highest BCUT2D eigenvalue weighted by Crippen LogP contribution is 2.31. The molecular formula is C14H8BrF3N6. The maximum absolute atomic E-state index is 12.8. The van der Waals surface area contributed by atoms with E-state index in [2.05, 4.69) is 36.0 Å². The summed E-state index contributed by atoms with van der Waals surface area (Å²) in [6.07, 6.45) is -0.442. The van der Waals surface area contributed by atoms with Crippen LogP contribution in [0, 0.1) is 0 Å². The molecule has 0 aliphatic heterocycles. The number of hydrogen-bond acceptors (Lipinski definition) is 4. The lowest BCUT2D eigenvalue weighted by Gasteiger charge is -2.05. The zero-order valence-corrected chi connectivity index (χ0v) is 13.7. The van der Waals surface area contributed by atoms with E-state index in [4.69, 9.17) is 0 Å². The molecule has 0 radical (unpaired) electrons. The van der Waals surface area contributed by atoms with Gasteiger partial charge < -0.3 is 0 Å². The summed E-state index contributed by atoms with van der Waals surface area (Å²) in [5.74, 6) is 0.347. The third kappa shape index (κ3) is 2.17. The van der Waals surface area contributed by atoms with Crippen LogP contribution in [0.4, 0.5) is 13.2 Å². The molecular weight excluding hydrogens is 389 g/mol. The van der Waals surface area contributed by atoms with Gasteiger partial charge in [-0.2, -0.15) is 23.0 Å². The Kier molecular flexibility index (Phi) is 3.14. The Bertz CT molecular complexity index is 1080. The van der Waals surface area contributed by atoms with Crippen LogP contribution in [0.1, 0.15) is 5.56 Å². The number of aryl methyl sites for hydroxylation is 1. The fourth-order valence-electron chi connectivity index (χ4n) is 2.45. The van der Waals surface area contributed by atoms with Crippen LogP contribution >= 0.6 is 15.9 Å². The SMILES string of the molecule is Cn1c(-n2nc3cnccc3c2Br)nc2cc(C(F)(F)F)cnc21. The van der Waals surface area contributed by atoms with Crippen LogP contribution in [0.15, 0.2) is 35.3 Å². The first-order valence-electron chi connectivity index (χ1n) is 6.74. The molecule has 0 atom stereocenters. The van der Waals surface area contributed by atoms with Crippen LogP contribution in [0.2, 0.25) is 0 Å². The molecule has 122 valence electrons. The Morgan fingerprint density at radius 1 is 1.17 bits per heavy atom. The molecule has 0 aromatic carbocycles. The van der Waals surface area contributed by atoms with Gasteiger partial charge in [0.1, 0.15) is 15.6 Å². The smallest absolute Gasteiger partial charge is 0.296 e. The van der Waals surface area contributed by atoms with Crippen molar-refractivity contribution in [2.75, 3.05) is 0 Å². The summed E-state index contributed by atoms with van der Waals surface area (Å²) in [7, 11) is 1.67. The Balaban J connectivity index is 1.96. The highest BCUT2D eigenvalue weighted by Gasteiger charge is 2.32. The van der Waals surface area contributed by atoms with E-state index in [0.29, 0.717) is 21.7 Å². The van der Waals surface area contributed by atoms with Crippen molar-refractivity contribution in [1.29, 1.82) is 0 Å². The normalized spacial score (nSPS) is 12.4. The van der Waals surface area contributed by atoms with Crippen LogP contribution in [0.25, 0.3) is 28.0 Å². The van der Waals surface area contributed by atoms with Crippen LogP contribution in [-0.2, 0) is 13.2 Å². The van der Waals surface area contributed by atoms with E-state index in [0.717, 1.165) is 17.6 Å². The first-order chi connectivity index (χ1) is 11.4. The summed E-state index contributed by atoms with van der Waals surface area (Å²) in [5.41, 5.74) is 0.281. The van der Waals surface area contributed by atoms with Gasteiger partial charge in [0.25, 0.3) is 0 Å². The highest BCUT2D eigenvalue weighted by molar-refractivity contribution is 9.10. The molecule has 4 aromatic heterocycles. The second-order valence-corrected chi connectivity index (χ2v) is 5.88. The second-order valence-electron chi connectivity index (χ2n) is 5.13. The maximum atomic E-state index is 12.8. The summed E-state index contributed by atoms with van der Waals surface area (Å²) in [6, 6.07) is 2.76. The van der Waals surface area contributed by atoms with Gasteiger partial charge in [-0.05, 0) is 28.1 Å². The number of imidazole rings is 1. The Morgan fingerprint density at radius 2 is 1.96 bits per heavy atom. The van der Waals surface area contributed by atoms with Crippen molar-refractivity contribution < 1.29 is 13.2 Å². The average molecular weight is 397 g/mol.